The summed E-state index contributed by atoms with van der Waals surface area (Å²) >= 11 is 0. The Balaban J connectivity index is 1.65. The van der Waals surface area contributed by atoms with Crippen molar-refractivity contribution in [2.24, 2.45) is 46.3 Å². The van der Waals surface area contributed by atoms with Crippen LogP contribution in [0.5, 0.6) is 0 Å². The van der Waals surface area contributed by atoms with Gasteiger partial charge in [-0.2, -0.15) is 0 Å². The van der Waals surface area contributed by atoms with Gasteiger partial charge in [0.2, 0.25) is 0 Å². The molecule has 4 heteroatoms. The number of carbonyl (C=O) groups excluding carboxylic acids is 1. The van der Waals surface area contributed by atoms with Crippen LogP contribution in [0.15, 0.2) is 0 Å². The van der Waals surface area contributed by atoms with E-state index in [-0.39, 0.29) is 48.3 Å². The highest BCUT2D eigenvalue weighted by atomic mass is 16.4. The average Bonchev–Trinajstić information content (AvgIpc) is 3.03. The molecule has 0 bridgehead atoms. The lowest BCUT2D eigenvalue weighted by molar-refractivity contribution is -0.169. The zero-order chi connectivity index (χ0) is 23.9. The zero-order valence-electron chi connectivity index (χ0n) is 21.4. The van der Waals surface area contributed by atoms with Crippen LogP contribution in [0.3, 0.4) is 0 Å². The molecule has 4 aliphatic rings. The van der Waals surface area contributed by atoms with Crippen LogP contribution >= 0.6 is 0 Å². The second-order valence-corrected chi connectivity index (χ2v) is 10.6. The Morgan fingerprint density at radius 3 is 2.64 bits per heavy atom. The zero-order valence-corrected chi connectivity index (χ0v) is 17.4. The number of hydrogen-bond acceptors (Lipinski definition) is 3. The SMILES string of the molecule is [2H]C1([2H])C[C@]2(C)C3CC[C@]4(C)C(C(C)CCC(=O)O)CCC4C3C(O)CC2C([2H])([2H])C1=O. The monoisotopic (exact) mass is 394 g/mol. The number of aliphatic hydroxyl groups is 1. The van der Waals surface area contributed by atoms with Gasteiger partial charge in [-0.3, -0.25) is 9.59 Å². The van der Waals surface area contributed by atoms with E-state index in [2.05, 4.69) is 13.8 Å². The van der Waals surface area contributed by atoms with Crippen LogP contribution < -0.4 is 0 Å². The molecule has 4 saturated carbocycles. The van der Waals surface area contributed by atoms with Gasteiger partial charge in [-0.05, 0) is 91.3 Å². The van der Waals surface area contributed by atoms with Gasteiger partial charge in [-0.25, -0.2) is 0 Å². The van der Waals surface area contributed by atoms with Crippen molar-refractivity contribution < 1.29 is 25.3 Å². The van der Waals surface area contributed by atoms with Crippen LogP contribution in [0.25, 0.3) is 0 Å². The predicted molar refractivity (Wildman–Crippen MR) is 108 cm³/mol. The molecule has 0 saturated heterocycles. The quantitative estimate of drug-likeness (QED) is 0.725. The molecule has 0 spiro atoms. The summed E-state index contributed by atoms with van der Waals surface area (Å²) in [6, 6.07) is 0. The molecule has 2 N–H and O–H groups in total. The summed E-state index contributed by atoms with van der Waals surface area (Å²) in [5, 5.41) is 20.4. The highest BCUT2D eigenvalue weighted by Gasteiger charge is 2.62. The van der Waals surface area contributed by atoms with Gasteiger partial charge in [0.05, 0.1) is 6.10 Å². The minimum Gasteiger partial charge on any atom is -0.481 e. The first-order valence-corrected chi connectivity index (χ1v) is 11.1. The van der Waals surface area contributed by atoms with Crippen LogP contribution in [-0.4, -0.2) is 28.1 Å². The Labute approximate surface area is 175 Å². The van der Waals surface area contributed by atoms with E-state index in [0.717, 1.165) is 25.7 Å². The maximum atomic E-state index is 12.6. The van der Waals surface area contributed by atoms with Gasteiger partial charge in [0.15, 0.2) is 0 Å². The summed E-state index contributed by atoms with van der Waals surface area (Å²) in [7, 11) is 0. The van der Waals surface area contributed by atoms with E-state index in [1.165, 1.54) is 0 Å². The van der Waals surface area contributed by atoms with Crippen molar-refractivity contribution in [1.29, 1.82) is 0 Å². The molecule has 4 aliphatic carbocycles. The molecule has 28 heavy (non-hydrogen) atoms. The van der Waals surface area contributed by atoms with Gasteiger partial charge in [0.25, 0.3) is 0 Å². The second-order valence-electron chi connectivity index (χ2n) is 10.6. The van der Waals surface area contributed by atoms with Crippen molar-refractivity contribution in [2.45, 2.75) is 91.0 Å². The number of fused-ring (bicyclic) bond motifs is 5. The Morgan fingerprint density at radius 1 is 1.21 bits per heavy atom. The first kappa shape index (κ1) is 15.9. The Morgan fingerprint density at radius 2 is 1.93 bits per heavy atom. The maximum Gasteiger partial charge on any atom is 0.303 e. The van der Waals surface area contributed by atoms with Gasteiger partial charge in [-0.1, -0.05) is 20.8 Å². The first-order chi connectivity index (χ1) is 14.7. The third-order valence-corrected chi connectivity index (χ3v) is 9.41. The van der Waals surface area contributed by atoms with E-state index in [4.69, 9.17) is 10.6 Å². The molecule has 4 fully saturated rings. The Hall–Kier alpha value is -0.900. The highest BCUT2D eigenvalue weighted by molar-refractivity contribution is 5.79. The van der Waals surface area contributed by atoms with Crippen molar-refractivity contribution in [1.82, 2.24) is 0 Å². The molecule has 0 heterocycles. The predicted octanol–water partition coefficient (Wildman–Crippen LogP) is 4.69. The minimum atomic E-state index is -2.27. The highest BCUT2D eigenvalue weighted by Crippen LogP contribution is 2.68. The summed E-state index contributed by atoms with van der Waals surface area (Å²) in [5.74, 6) is -1.48. The third-order valence-electron chi connectivity index (χ3n) is 9.41. The van der Waals surface area contributed by atoms with Gasteiger partial charge in [0.1, 0.15) is 5.78 Å². The lowest BCUT2D eigenvalue weighted by atomic mass is 9.44. The minimum absolute atomic E-state index is 0.00574. The van der Waals surface area contributed by atoms with E-state index in [1.54, 1.807) is 0 Å². The largest absolute Gasteiger partial charge is 0.481 e. The van der Waals surface area contributed by atoms with Crippen LogP contribution in [0.4, 0.5) is 0 Å². The van der Waals surface area contributed by atoms with Gasteiger partial charge < -0.3 is 10.2 Å². The lowest BCUT2D eigenvalue weighted by Crippen LogP contribution is -2.58. The number of carboxylic acids is 1. The number of aliphatic hydroxyl groups excluding tert-OH is 1. The van der Waals surface area contributed by atoms with E-state index < -0.39 is 41.9 Å². The Bertz CT molecular complexity index is 801. The number of rotatable bonds is 4. The molecule has 0 aromatic heterocycles. The molecule has 4 nitrogen and oxygen atoms in total. The van der Waals surface area contributed by atoms with Crippen molar-refractivity contribution in [3.63, 3.8) is 0 Å². The van der Waals surface area contributed by atoms with Crippen LogP contribution in [0, 0.1) is 46.3 Å². The van der Waals surface area contributed by atoms with Crippen LogP contribution in [-0.2, 0) is 9.59 Å². The van der Waals surface area contributed by atoms with E-state index in [9.17, 15) is 14.7 Å². The smallest absolute Gasteiger partial charge is 0.303 e. The number of Topliss-reactive ketones (excluding diaryl/α,β-unsaturated/α-hetero) is 1. The second kappa shape index (κ2) is 7.11. The summed E-state index contributed by atoms with van der Waals surface area (Å²) in [4.78, 5) is 23.7. The van der Waals surface area contributed by atoms with Crippen LogP contribution in [0.2, 0.25) is 0 Å². The number of aliphatic carboxylic acids is 1. The van der Waals surface area contributed by atoms with E-state index >= 15 is 0 Å². The lowest BCUT2D eigenvalue weighted by Gasteiger charge is -2.62. The molecule has 9 atom stereocenters. The molecular weight excluding hydrogens is 352 g/mol. The van der Waals surface area contributed by atoms with Gasteiger partial charge in [-0.15, -0.1) is 0 Å². The van der Waals surface area contributed by atoms with Gasteiger partial charge in [0, 0.05) is 24.6 Å². The van der Waals surface area contributed by atoms with Crippen molar-refractivity contribution in [2.75, 3.05) is 0 Å². The molecule has 4 rings (SSSR count). The molecule has 0 aromatic carbocycles. The normalized spacial score (nSPS) is 54.8. The summed E-state index contributed by atoms with van der Waals surface area (Å²) in [5.41, 5.74) is -0.662. The van der Waals surface area contributed by atoms with Crippen molar-refractivity contribution in [3.8, 4) is 0 Å². The molecule has 0 radical (unpaired) electrons. The average molecular weight is 395 g/mol. The number of hydrogen-bond donors (Lipinski definition) is 2. The molecular formula is C24H38O4. The number of carboxylic acid groups (broad SMARTS) is 1. The third kappa shape index (κ3) is 3.05. The van der Waals surface area contributed by atoms with Crippen LogP contribution in [0.1, 0.15) is 90.4 Å². The molecule has 0 amide bonds. The summed E-state index contributed by atoms with van der Waals surface area (Å²) in [6.45, 7) is 6.42. The standard InChI is InChI=1S/C24H38O4/c1-14(4-7-21(27)28)17-5-6-18-22-19(9-11-24(17,18)3)23(2)10-8-16(25)12-15(23)13-20(22)26/h14-15,17-20,22,26H,4-13H2,1-3H3,(H,27,28)/t14?,15?,17?,18?,19?,20?,22?,23-,24+/m0/s1/i8D2,12D2. The number of carbonyl (C=O) groups is 2. The molecule has 0 aliphatic heterocycles. The fraction of sp³-hybridized carbons (Fsp3) is 0.917. The topological polar surface area (TPSA) is 74.6 Å². The molecule has 0 aromatic rings. The first-order valence-electron chi connectivity index (χ1n) is 13.1. The maximum absolute atomic E-state index is 12.6. The summed E-state index contributed by atoms with van der Waals surface area (Å²) < 4.78 is 33.6. The van der Waals surface area contributed by atoms with E-state index in [1.807, 2.05) is 6.92 Å². The Kier molecular flexibility index (Phi) is 4.03. The molecule has 158 valence electrons. The van der Waals surface area contributed by atoms with Crippen molar-refractivity contribution >= 4 is 11.8 Å². The fourth-order valence-electron chi connectivity index (χ4n) is 7.91. The summed E-state index contributed by atoms with van der Waals surface area (Å²) in [6.07, 6.45) is -0.390. The van der Waals surface area contributed by atoms with Gasteiger partial charge >= 0.3 is 5.97 Å². The fourth-order valence-corrected chi connectivity index (χ4v) is 7.91. The van der Waals surface area contributed by atoms with E-state index in [0.29, 0.717) is 12.3 Å². The molecule has 7 unspecified atom stereocenters. The number of ketones is 1. The van der Waals surface area contributed by atoms with Crippen molar-refractivity contribution in [3.05, 3.63) is 0 Å².